The number of nitrogens with one attached hydrogen (secondary N) is 2. The highest BCUT2D eigenvalue weighted by molar-refractivity contribution is 5.89. The first-order valence-corrected chi connectivity index (χ1v) is 7.44. The number of carbonyl (C=O) groups excluding carboxylic acids is 1. The summed E-state index contributed by atoms with van der Waals surface area (Å²) in [5.41, 5.74) is -0.251. The minimum atomic E-state index is -1.31. The molecule has 7 heteroatoms. The van der Waals surface area contributed by atoms with Crippen LogP contribution in [0, 0.1) is 5.82 Å². The molecule has 1 aromatic carbocycles. The van der Waals surface area contributed by atoms with Crippen LogP contribution in [0.4, 0.5) is 20.7 Å². The number of hydrogen-bond donors (Lipinski definition) is 3. The highest BCUT2D eigenvalue weighted by atomic mass is 19.1. The van der Waals surface area contributed by atoms with Crippen molar-refractivity contribution in [3.05, 3.63) is 54.0 Å². The monoisotopic (exact) mass is 332 g/mol. The molecule has 0 aliphatic heterocycles. The van der Waals surface area contributed by atoms with Crippen molar-refractivity contribution in [1.82, 2.24) is 10.3 Å². The van der Waals surface area contributed by atoms with Gasteiger partial charge < -0.3 is 20.6 Å². The molecule has 2 amide bonds. The van der Waals surface area contributed by atoms with Gasteiger partial charge in [0.1, 0.15) is 17.2 Å². The fourth-order valence-corrected chi connectivity index (χ4v) is 2.06. The molecule has 1 heterocycles. The highest BCUT2D eigenvalue weighted by Gasteiger charge is 2.23. The largest absolute Gasteiger partial charge is 0.384 e. The molecule has 24 heavy (non-hydrogen) atoms. The van der Waals surface area contributed by atoms with Gasteiger partial charge in [0.2, 0.25) is 0 Å². The van der Waals surface area contributed by atoms with Gasteiger partial charge in [-0.2, -0.15) is 0 Å². The van der Waals surface area contributed by atoms with Crippen molar-refractivity contribution >= 4 is 17.5 Å². The van der Waals surface area contributed by atoms with E-state index < -0.39 is 11.6 Å². The van der Waals surface area contributed by atoms with Crippen LogP contribution in [0.2, 0.25) is 0 Å². The summed E-state index contributed by atoms with van der Waals surface area (Å²) in [4.78, 5) is 18.0. The summed E-state index contributed by atoms with van der Waals surface area (Å²) in [6.45, 7) is 1.53. The molecule has 128 valence electrons. The minimum absolute atomic E-state index is 0.0202. The molecule has 1 atom stereocenters. The molecule has 0 fully saturated rings. The lowest BCUT2D eigenvalue weighted by molar-refractivity contribution is 0.0599. The van der Waals surface area contributed by atoms with E-state index in [9.17, 15) is 14.3 Å². The number of aromatic nitrogens is 1. The van der Waals surface area contributed by atoms with Gasteiger partial charge in [0, 0.05) is 14.1 Å². The Hall–Kier alpha value is -2.67. The summed E-state index contributed by atoms with van der Waals surface area (Å²) in [7, 11) is 3.75. The van der Waals surface area contributed by atoms with Crippen molar-refractivity contribution in [3.8, 4) is 0 Å². The molecule has 2 rings (SSSR count). The van der Waals surface area contributed by atoms with Crippen molar-refractivity contribution in [1.29, 1.82) is 0 Å². The predicted octanol–water partition coefficient (Wildman–Crippen LogP) is 2.32. The van der Waals surface area contributed by atoms with Gasteiger partial charge in [-0.1, -0.05) is 12.1 Å². The third-order valence-corrected chi connectivity index (χ3v) is 3.52. The van der Waals surface area contributed by atoms with E-state index in [0.717, 1.165) is 5.82 Å². The standard InChI is InChI=1S/C17H21FN4O2/c1-17(24,12-4-6-13(18)7-5-12)11-20-16(23)21-14-8-9-15(19-10-14)22(2)3/h4-10,24H,11H2,1-3H3,(H2,20,21,23). The van der Waals surface area contributed by atoms with Crippen LogP contribution in [0.1, 0.15) is 12.5 Å². The van der Waals surface area contributed by atoms with Crippen LogP contribution in [-0.4, -0.2) is 36.8 Å². The SMILES string of the molecule is CN(C)c1ccc(NC(=O)NCC(C)(O)c2ccc(F)cc2)cn1. The number of anilines is 2. The van der Waals surface area contributed by atoms with E-state index in [1.807, 2.05) is 19.0 Å². The number of hydrogen-bond acceptors (Lipinski definition) is 4. The summed E-state index contributed by atoms with van der Waals surface area (Å²) in [6, 6.07) is 8.56. The third kappa shape index (κ3) is 4.66. The molecule has 0 bridgehead atoms. The van der Waals surface area contributed by atoms with Gasteiger partial charge in [-0.05, 0) is 36.8 Å². The maximum absolute atomic E-state index is 12.9. The Morgan fingerprint density at radius 3 is 2.46 bits per heavy atom. The van der Waals surface area contributed by atoms with Gasteiger partial charge in [-0.3, -0.25) is 0 Å². The van der Waals surface area contributed by atoms with E-state index in [4.69, 9.17) is 0 Å². The van der Waals surface area contributed by atoms with Crippen molar-refractivity contribution in [2.24, 2.45) is 0 Å². The van der Waals surface area contributed by atoms with Gasteiger partial charge in [0.25, 0.3) is 0 Å². The first-order valence-electron chi connectivity index (χ1n) is 7.44. The molecule has 0 aliphatic carbocycles. The second kappa shape index (κ2) is 7.27. The van der Waals surface area contributed by atoms with Crippen LogP contribution in [0.5, 0.6) is 0 Å². The highest BCUT2D eigenvalue weighted by Crippen LogP contribution is 2.20. The van der Waals surface area contributed by atoms with Crippen LogP contribution < -0.4 is 15.5 Å². The van der Waals surface area contributed by atoms with Crippen LogP contribution in [0.3, 0.4) is 0 Å². The average Bonchev–Trinajstić information content (AvgIpc) is 2.54. The molecule has 0 spiro atoms. The number of nitrogens with zero attached hydrogens (tertiary/aromatic N) is 2. The molecular weight excluding hydrogens is 311 g/mol. The maximum atomic E-state index is 12.9. The van der Waals surface area contributed by atoms with E-state index in [1.165, 1.54) is 24.3 Å². The quantitative estimate of drug-likeness (QED) is 0.785. The smallest absolute Gasteiger partial charge is 0.319 e. The molecular formula is C17H21FN4O2. The first kappa shape index (κ1) is 17.7. The molecule has 2 aromatic rings. The topological polar surface area (TPSA) is 77.5 Å². The lowest BCUT2D eigenvalue weighted by Gasteiger charge is -2.24. The van der Waals surface area contributed by atoms with Crippen molar-refractivity contribution in [3.63, 3.8) is 0 Å². The predicted molar refractivity (Wildman–Crippen MR) is 91.6 cm³/mol. The summed E-state index contributed by atoms with van der Waals surface area (Å²) in [5, 5.41) is 15.6. The molecule has 3 N–H and O–H groups in total. The maximum Gasteiger partial charge on any atom is 0.319 e. The van der Waals surface area contributed by atoms with Crippen molar-refractivity contribution in [2.75, 3.05) is 30.9 Å². The second-order valence-corrected chi connectivity index (χ2v) is 5.89. The van der Waals surface area contributed by atoms with Gasteiger partial charge in [0.15, 0.2) is 0 Å². The minimum Gasteiger partial charge on any atom is -0.384 e. The summed E-state index contributed by atoms with van der Waals surface area (Å²) < 4.78 is 12.9. The Morgan fingerprint density at radius 2 is 1.92 bits per heavy atom. The van der Waals surface area contributed by atoms with Crippen LogP contribution in [-0.2, 0) is 5.60 Å². The Bertz CT molecular complexity index is 685. The van der Waals surface area contributed by atoms with E-state index in [-0.39, 0.29) is 12.4 Å². The van der Waals surface area contributed by atoms with Gasteiger partial charge in [-0.25, -0.2) is 14.2 Å². The van der Waals surface area contributed by atoms with Gasteiger partial charge in [0.05, 0.1) is 18.4 Å². The number of urea groups is 1. The second-order valence-electron chi connectivity index (χ2n) is 5.89. The Balaban J connectivity index is 1.91. The zero-order chi connectivity index (χ0) is 17.7. The van der Waals surface area contributed by atoms with Crippen LogP contribution in [0.25, 0.3) is 0 Å². The van der Waals surface area contributed by atoms with Crippen molar-refractivity contribution < 1.29 is 14.3 Å². The summed E-state index contributed by atoms with van der Waals surface area (Å²) in [6.07, 6.45) is 1.55. The molecule has 0 aliphatic rings. The van der Waals surface area contributed by atoms with E-state index >= 15 is 0 Å². The number of rotatable bonds is 5. The Labute approximate surface area is 140 Å². The summed E-state index contributed by atoms with van der Waals surface area (Å²) >= 11 is 0. The molecule has 6 nitrogen and oxygen atoms in total. The fourth-order valence-electron chi connectivity index (χ4n) is 2.06. The number of aliphatic hydroxyl groups is 1. The number of pyridine rings is 1. The lowest BCUT2D eigenvalue weighted by atomic mass is 9.96. The lowest BCUT2D eigenvalue weighted by Crippen LogP contribution is -2.40. The van der Waals surface area contributed by atoms with E-state index in [1.54, 1.807) is 25.3 Å². The van der Waals surface area contributed by atoms with E-state index in [2.05, 4.69) is 15.6 Å². The number of halogens is 1. The average molecular weight is 332 g/mol. The van der Waals surface area contributed by atoms with Gasteiger partial charge in [-0.15, -0.1) is 0 Å². The van der Waals surface area contributed by atoms with Crippen LogP contribution in [0.15, 0.2) is 42.6 Å². The Morgan fingerprint density at radius 1 is 1.25 bits per heavy atom. The molecule has 1 unspecified atom stereocenters. The molecule has 0 radical (unpaired) electrons. The van der Waals surface area contributed by atoms with E-state index in [0.29, 0.717) is 11.3 Å². The molecule has 1 aromatic heterocycles. The Kier molecular flexibility index (Phi) is 5.35. The number of amides is 2. The van der Waals surface area contributed by atoms with Crippen molar-refractivity contribution in [2.45, 2.75) is 12.5 Å². The van der Waals surface area contributed by atoms with Crippen LogP contribution >= 0.6 is 0 Å². The normalized spacial score (nSPS) is 13.0. The number of benzene rings is 1. The zero-order valence-electron chi connectivity index (χ0n) is 13.9. The summed E-state index contributed by atoms with van der Waals surface area (Å²) in [5.74, 6) is 0.397. The first-order chi connectivity index (χ1) is 11.3. The number of carbonyl (C=O) groups is 1. The third-order valence-electron chi connectivity index (χ3n) is 3.52. The zero-order valence-corrected chi connectivity index (χ0v) is 13.9. The fraction of sp³-hybridized carbons (Fsp3) is 0.294. The molecule has 0 saturated carbocycles. The molecule has 0 saturated heterocycles. The van der Waals surface area contributed by atoms with Gasteiger partial charge >= 0.3 is 6.03 Å².